The fraction of sp³-hybridized carbons (Fsp3) is 0.385. The number of carbonyl (C=O) groups excluding carboxylic acids is 2. The van der Waals surface area contributed by atoms with E-state index >= 15 is 0 Å². The summed E-state index contributed by atoms with van der Waals surface area (Å²) in [5, 5.41) is 2.39. The van der Waals surface area contributed by atoms with E-state index in [0.29, 0.717) is 4.31 Å². The van der Waals surface area contributed by atoms with E-state index in [9.17, 15) is 18.0 Å². The second-order valence-electron chi connectivity index (χ2n) is 4.68. The van der Waals surface area contributed by atoms with Crippen molar-refractivity contribution in [2.75, 3.05) is 7.05 Å². The van der Waals surface area contributed by atoms with Gasteiger partial charge in [-0.25, -0.2) is 12.7 Å². The van der Waals surface area contributed by atoms with Crippen LogP contribution in [0.3, 0.4) is 0 Å². The van der Waals surface area contributed by atoms with E-state index < -0.39 is 27.9 Å². The molecule has 7 heteroatoms. The molecule has 0 saturated carbocycles. The number of amides is 2. The zero-order chi connectivity index (χ0) is 14.9. The highest BCUT2D eigenvalue weighted by Crippen LogP contribution is 2.27. The van der Waals surface area contributed by atoms with Gasteiger partial charge in [0.2, 0.25) is 11.8 Å². The predicted octanol–water partition coefficient (Wildman–Crippen LogP) is 0.421. The van der Waals surface area contributed by atoms with Crippen LogP contribution < -0.4 is 5.32 Å². The molecule has 2 rings (SSSR count). The Hall–Kier alpha value is -1.89. The molecule has 0 aromatic heterocycles. The number of sulfonamides is 1. The van der Waals surface area contributed by atoms with Crippen LogP contribution in [0.1, 0.15) is 18.4 Å². The predicted molar refractivity (Wildman–Crippen MR) is 72.3 cm³/mol. The molecule has 6 nitrogen and oxygen atoms in total. The minimum absolute atomic E-state index is 0.0206. The van der Waals surface area contributed by atoms with Crippen LogP contribution in [0.15, 0.2) is 29.2 Å². The Morgan fingerprint density at radius 1 is 1.30 bits per heavy atom. The molecule has 0 aliphatic carbocycles. The zero-order valence-electron chi connectivity index (χ0n) is 11.3. The maximum absolute atomic E-state index is 12.5. The van der Waals surface area contributed by atoms with Crippen LogP contribution in [-0.4, -0.2) is 37.6 Å². The molecule has 108 valence electrons. The number of hydrogen-bond donors (Lipinski definition) is 1. The standard InChI is InChI=1S/C13H16N2O4S/c1-9-3-5-10(6-4-9)20(18,19)15-11(13(17)14-2)7-8-12(15)16/h3-6,11H,7-8H2,1-2H3,(H,14,17)/t11-/m0/s1. The number of likely N-dealkylation sites (N-methyl/N-ethyl adjacent to an activating group) is 1. The monoisotopic (exact) mass is 296 g/mol. The highest BCUT2D eigenvalue weighted by molar-refractivity contribution is 7.89. The molecule has 0 unspecified atom stereocenters. The van der Waals surface area contributed by atoms with Crippen LogP contribution in [-0.2, 0) is 19.6 Å². The van der Waals surface area contributed by atoms with Crippen molar-refractivity contribution in [3.63, 3.8) is 0 Å². The molecule has 1 aliphatic rings. The van der Waals surface area contributed by atoms with Crippen molar-refractivity contribution in [1.82, 2.24) is 9.62 Å². The minimum atomic E-state index is -3.99. The summed E-state index contributed by atoms with van der Waals surface area (Å²) in [4.78, 5) is 23.6. The molecule has 0 bridgehead atoms. The smallest absolute Gasteiger partial charge is 0.267 e. The Morgan fingerprint density at radius 3 is 2.45 bits per heavy atom. The molecule has 1 atom stereocenters. The Balaban J connectivity index is 2.43. The van der Waals surface area contributed by atoms with Gasteiger partial charge in [0.1, 0.15) is 6.04 Å². The van der Waals surface area contributed by atoms with Gasteiger partial charge in [0.05, 0.1) is 4.90 Å². The van der Waals surface area contributed by atoms with Crippen molar-refractivity contribution in [2.45, 2.75) is 30.7 Å². The summed E-state index contributed by atoms with van der Waals surface area (Å²) in [5.74, 6) is -1.01. The molecule has 0 spiro atoms. The maximum atomic E-state index is 12.5. The summed E-state index contributed by atoms with van der Waals surface area (Å²) < 4.78 is 25.7. The fourth-order valence-corrected chi connectivity index (χ4v) is 3.79. The molecule has 1 aliphatic heterocycles. The molecule has 2 amide bonds. The van der Waals surface area contributed by atoms with Crippen molar-refractivity contribution < 1.29 is 18.0 Å². The SMILES string of the molecule is CNC(=O)[C@@H]1CCC(=O)N1S(=O)(=O)c1ccc(C)cc1. The van der Waals surface area contributed by atoms with Gasteiger partial charge in [0.15, 0.2) is 0 Å². The largest absolute Gasteiger partial charge is 0.357 e. The van der Waals surface area contributed by atoms with Crippen LogP contribution >= 0.6 is 0 Å². The van der Waals surface area contributed by atoms with Gasteiger partial charge < -0.3 is 5.32 Å². The lowest BCUT2D eigenvalue weighted by molar-refractivity contribution is -0.130. The first-order chi connectivity index (χ1) is 9.37. The molecule has 20 heavy (non-hydrogen) atoms. The second-order valence-corrected chi connectivity index (χ2v) is 6.49. The van der Waals surface area contributed by atoms with Crippen LogP contribution in [0, 0.1) is 6.92 Å². The highest BCUT2D eigenvalue weighted by atomic mass is 32.2. The van der Waals surface area contributed by atoms with E-state index in [0.717, 1.165) is 5.56 Å². The second kappa shape index (κ2) is 5.24. The van der Waals surface area contributed by atoms with Gasteiger partial charge in [0, 0.05) is 13.5 Å². The number of rotatable bonds is 3. The summed E-state index contributed by atoms with van der Waals surface area (Å²) in [6.45, 7) is 1.84. The normalized spacial score (nSPS) is 19.2. The van der Waals surface area contributed by atoms with E-state index in [2.05, 4.69) is 5.32 Å². The van der Waals surface area contributed by atoms with Crippen molar-refractivity contribution in [1.29, 1.82) is 0 Å². The lowest BCUT2D eigenvalue weighted by Gasteiger charge is -2.23. The average molecular weight is 296 g/mol. The highest BCUT2D eigenvalue weighted by Gasteiger charge is 2.43. The van der Waals surface area contributed by atoms with Crippen LogP contribution in [0.2, 0.25) is 0 Å². The van der Waals surface area contributed by atoms with Crippen molar-refractivity contribution in [2.24, 2.45) is 0 Å². The maximum Gasteiger partial charge on any atom is 0.267 e. The molecule has 1 heterocycles. The summed E-state index contributed by atoms with van der Waals surface area (Å²) in [6.07, 6.45) is 0.271. The lowest BCUT2D eigenvalue weighted by Crippen LogP contribution is -2.46. The zero-order valence-corrected chi connectivity index (χ0v) is 12.1. The molecule has 1 N–H and O–H groups in total. The summed E-state index contributed by atoms with van der Waals surface area (Å²) in [5.41, 5.74) is 0.916. The summed E-state index contributed by atoms with van der Waals surface area (Å²) in [7, 11) is -2.57. The van der Waals surface area contributed by atoms with Crippen LogP contribution in [0.4, 0.5) is 0 Å². The molecule has 1 fully saturated rings. The number of hydrogen-bond acceptors (Lipinski definition) is 4. The number of benzene rings is 1. The molecule has 0 radical (unpaired) electrons. The van der Waals surface area contributed by atoms with E-state index in [4.69, 9.17) is 0 Å². The molecule has 1 aromatic rings. The third-order valence-corrected chi connectivity index (χ3v) is 5.13. The number of nitrogens with one attached hydrogen (secondary N) is 1. The minimum Gasteiger partial charge on any atom is -0.357 e. The Kier molecular flexibility index (Phi) is 3.80. The number of nitrogens with zero attached hydrogens (tertiary/aromatic N) is 1. The Bertz CT molecular complexity index is 637. The first-order valence-corrected chi connectivity index (χ1v) is 7.67. The topological polar surface area (TPSA) is 83.6 Å². The third-order valence-electron chi connectivity index (χ3n) is 3.29. The summed E-state index contributed by atoms with van der Waals surface area (Å²) in [6, 6.07) is 5.23. The van der Waals surface area contributed by atoms with Gasteiger partial charge >= 0.3 is 0 Å². The van der Waals surface area contributed by atoms with Gasteiger partial charge in [-0.1, -0.05) is 17.7 Å². The van der Waals surface area contributed by atoms with Gasteiger partial charge in [-0.05, 0) is 25.5 Å². The molecular weight excluding hydrogens is 280 g/mol. The summed E-state index contributed by atoms with van der Waals surface area (Å²) >= 11 is 0. The third kappa shape index (κ3) is 2.40. The first kappa shape index (κ1) is 14.5. The van der Waals surface area contributed by atoms with Crippen molar-refractivity contribution in [3.8, 4) is 0 Å². The Morgan fingerprint density at radius 2 is 1.90 bits per heavy atom. The van der Waals surface area contributed by atoms with Gasteiger partial charge in [-0.15, -0.1) is 0 Å². The quantitative estimate of drug-likeness (QED) is 0.876. The van der Waals surface area contributed by atoms with Crippen LogP contribution in [0.5, 0.6) is 0 Å². The Labute approximate surface area is 117 Å². The van der Waals surface area contributed by atoms with Gasteiger partial charge in [-0.3, -0.25) is 9.59 Å². The van der Waals surface area contributed by atoms with Crippen molar-refractivity contribution >= 4 is 21.8 Å². The molecule has 1 saturated heterocycles. The fourth-order valence-electron chi connectivity index (χ4n) is 2.19. The van der Waals surface area contributed by atoms with E-state index in [1.807, 2.05) is 6.92 Å². The average Bonchev–Trinajstić information content (AvgIpc) is 2.81. The van der Waals surface area contributed by atoms with Crippen LogP contribution in [0.25, 0.3) is 0 Å². The molecule has 1 aromatic carbocycles. The van der Waals surface area contributed by atoms with Gasteiger partial charge in [0.25, 0.3) is 10.0 Å². The van der Waals surface area contributed by atoms with Gasteiger partial charge in [-0.2, -0.15) is 0 Å². The first-order valence-electron chi connectivity index (χ1n) is 6.23. The van der Waals surface area contributed by atoms with Crippen molar-refractivity contribution in [3.05, 3.63) is 29.8 Å². The van der Waals surface area contributed by atoms with E-state index in [1.54, 1.807) is 12.1 Å². The molecular formula is C13H16N2O4S. The van der Waals surface area contributed by atoms with E-state index in [1.165, 1.54) is 19.2 Å². The number of carbonyl (C=O) groups is 2. The number of aryl methyl sites for hydroxylation is 1. The lowest BCUT2D eigenvalue weighted by atomic mass is 10.2. The van der Waals surface area contributed by atoms with E-state index in [-0.39, 0.29) is 17.7 Å².